The van der Waals surface area contributed by atoms with E-state index < -0.39 is 0 Å². The van der Waals surface area contributed by atoms with Crippen LogP contribution in [-0.4, -0.2) is 40.9 Å². The Balaban J connectivity index is 1.98. The first kappa shape index (κ1) is 15.0. The number of ether oxygens (including phenoxy) is 2. The molecule has 1 aromatic rings. The van der Waals surface area contributed by atoms with Crippen molar-refractivity contribution in [3.05, 3.63) is 18.2 Å². The fourth-order valence-corrected chi connectivity index (χ4v) is 2.90. The molecule has 0 saturated carbocycles. The van der Waals surface area contributed by atoms with Crippen molar-refractivity contribution in [2.45, 2.75) is 19.3 Å². The van der Waals surface area contributed by atoms with Crippen LogP contribution in [-0.2, 0) is 0 Å². The third kappa shape index (κ3) is 3.57. The minimum atomic E-state index is 0.801. The van der Waals surface area contributed by atoms with Gasteiger partial charge in [-0.2, -0.15) is 0 Å². The summed E-state index contributed by atoms with van der Waals surface area (Å²) in [6.07, 6.45) is 3.84. The highest BCUT2D eigenvalue weighted by Gasteiger charge is 2.24. The average molecular weight is 278 g/mol. The summed E-state index contributed by atoms with van der Waals surface area (Å²) in [6, 6.07) is 6.07. The maximum Gasteiger partial charge on any atom is 0.145 e. The molecule has 4 nitrogen and oxygen atoms in total. The zero-order chi connectivity index (χ0) is 14.4. The molecule has 1 unspecified atom stereocenters. The molecule has 1 aliphatic heterocycles. The van der Waals surface area contributed by atoms with Crippen molar-refractivity contribution in [3.8, 4) is 11.5 Å². The van der Waals surface area contributed by atoms with E-state index in [1.807, 2.05) is 19.2 Å². The van der Waals surface area contributed by atoms with Crippen LogP contribution in [0.5, 0.6) is 11.5 Å². The lowest BCUT2D eigenvalue weighted by atomic mass is 10.0. The normalized spacial score (nSPS) is 18.4. The van der Waals surface area contributed by atoms with E-state index in [2.05, 4.69) is 16.3 Å². The van der Waals surface area contributed by atoms with E-state index in [0.717, 1.165) is 37.1 Å². The third-order valence-corrected chi connectivity index (χ3v) is 4.05. The standard InChI is InChI=1S/C16H26N2O2/c1-17-9-4-5-13-8-10-18(12-13)15-7-6-14(19-2)11-16(15)20-3/h6-7,11,13,17H,4-5,8-10,12H2,1-3H3. The first-order valence-electron chi connectivity index (χ1n) is 7.40. The topological polar surface area (TPSA) is 33.7 Å². The summed E-state index contributed by atoms with van der Waals surface area (Å²) in [5, 5.41) is 3.22. The van der Waals surface area contributed by atoms with Gasteiger partial charge in [0.2, 0.25) is 0 Å². The Morgan fingerprint density at radius 3 is 2.85 bits per heavy atom. The first-order chi connectivity index (χ1) is 9.78. The molecule has 0 aliphatic carbocycles. The summed E-state index contributed by atoms with van der Waals surface area (Å²) in [5.41, 5.74) is 1.18. The van der Waals surface area contributed by atoms with Crippen molar-refractivity contribution in [3.63, 3.8) is 0 Å². The van der Waals surface area contributed by atoms with Crippen molar-refractivity contribution in [1.29, 1.82) is 0 Å². The van der Waals surface area contributed by atoms with Crippen LogP contribution in [0, 0.1) is 5.92 Å². The van der Waals surface area contributed by atoms with Gasteiger partial charge in [-0.3, -0.25) is 0 Å². The Morgan fingerprint density at radius 1 is 1.30 bits per heavy atom. The molecule has 0 spiro atoms. The van der Waals surface area contributed by atoms with Crippen LogP contribution in [0.1, 0.15) is 19.3 Å². The maximum absolute atomic E-state index is 5.50. The minimum Gasteiger partial charge on any atom is -0.497 e. The molecule has 1 aliphatic rings. The number of nitrogens with zero attached hydrogens (tertiary/aromatic N) is 1. The Kier molecular flexibility index (Phi) is 5.53. The maximum atomic E-state index is 5.50. The molecular weight excluding hydrogens is 252 g/mol. The lowest BCUT2D eigenvalue weighted by Crippen LogP contribution is -2.20. The van der Waals surface area contributed by atoms with Crippen LogP contribution in [0.25, 0.3) is 0 Å². The molecule has 0 bridgehead atoms. The summed E-state index contributed by atoms with van der Waals surface area (Å²) in [7, 11) is 5.42. The van der Waals surface area contributed by atoms with Gasteiger partial charge in [-0.15, -0.1) is 0 Å². The number of anilines is 1. The SMILES string of the molecule is CNCCCC1CCN(c2ccc(OC)cc2OC)C1. The first-order valence-corrected chi connectivity index (χ1v) is 7.40. The molecule has 1 saturated heterocycles. The summed E-state index contributed by atoms with van der Waals surface area (Å²) in [5.74, 6) is 2.55. The molecule has 1 atom stereocenters. The van der Waals surface area contributed by atoms with Gasteiger partial charge >= 0.3 is 0 Å². The molecular formula is C16H26N2O2. The Morgan fingerprint density at radius 2 is 2.15 bits per heavy atom. The van der Waals surface area contributed by atoms with Gasteiger partial charge in [0.25, 0.3) is 0 Å². The molecule has 1 fully saturated rings. The van der Waals surface area contributed by atoms with E-state index in [-0.39, 0.29) is 0 Å². The molecule has 1 N–H and O–H groups in total. The van der Waals surface area contributed by atoms with E-state index in [4.69, 9.17) is 9.47 Å². The zero-order valence-electron chi connectivity index (χ0n) is 12.8. The second kappa shape index (κ2) is 7.39. The zero-order valence-corrected chi connectivity index (χ0v) is 12.8. The van der Waals surface area contributed by atoms with Crippen molar-refractivity contribution >= 4 is 5.69 Å². The van der Waals surface area contributed by atoms with Crippen LogP contribution in [0.3, 0.4) is 0 Å². The van der Waals surface area contributed by atoms with Crippen LogP contribution in [0.2, 0.25) is 0 Å². The van der Waals surface area contributed by atoms with Crippen molar-refractivity contribution in [2.24, 2.45) is 5.92 Å². The smallest absolute Gasteiger partial charge is 0.145 e. The van der Waals surface area contributed by atoms with E-state index in [1.165, 1.54) is 24.9 Å². The Hall–Kier alpha value is -1.42. The monoisotopic (exact) mass is 278 g/mol. The second-order valence-corrected chi connectivity index (χ2v) is 5.38. The van der Waals surface area contributed by atoms with E-state index in [1.54, 1.807) is 14.2 Å². The lowest BCUT2D eigenvalue weighted by molar-refractivity contribution is 0.394. The molecule has 0 radical (unpaired) electrons. The van der Waals surface area contributed by atoms with Crippen molar-refractivity contribution in [1.82, 2.24) is 5.32 Å². The van der Waals surface area contributed by atoms with E-state index >= 15 is 0 Å². The number of benzene rings is 1. The number of hydrogen-bond acceptors (Lipinski definition) is 4. The van der Waals surface area contributed by atoms with Crippen molar-refractivity contribution < 1.29 is 9.47 Å². The van der Waals surface area contributed by atoms with Crippen LogP contribution in [0.4, 0.5) is 5.69 Å². The Labute approximate surface area is 122 Å². The van der Waals surface area contributed by atoms with Gasteiger partial charge in [0.05, 0.1) is 19.9 Å². The third-order valence-electron chi connectivity index (χ3n) is 4.05. The fourth-order valence-electron chi connectivity index (χ4n) is 2.90. The van der Waals surface area contributed by atoms with Crippen molar-refractivity contribution in [2.75, 3.05) is 45.8 Å². The van der Waals surface area contributed by atoms with Gasteiger partial charge in [0, 0.05) is 19.2 Å². The summed E-state index contributed by atoms with van der Waals surface area (Å²) in [4.78, 5) is 2.43. The highest BCUT2D eigenvalue weighted by Crippen LogP contribution is 2.35. The average Bonchev–Trinajstić information content (AvgIpc) is 2.95. The summed E-state index contributed by atoms with van der Waals surface area (Å²) >= 11 is 0. The molecule has 0 aromatic heterocycles. The van der Waals surface area contributed by atoms with Gasteiger partial charge < -0.3 is 19.7 Å². The van der Waals surface area contributed by atoms with Gasteiger partial charge in [0.15, 0.2) is 0 Å². The highest BCUT2D eigenvalue weighted by molar-refractivity contribution is 5.61. The van der Waals surface area contributed by atoms with Gasteiger partial charge in [0.1, 0.15) is 11.5 Å². The molecule has 20 heavy (non-hydrogen) atoms. The summed E-state index contributed by atoms with van der Waals surface area (Å²) < 4.78 is 10.8. The predicted octanol–water partition coefficient (Wildman–Crippen LogP) is 2.53. The van der Waals surface area contributed by atoms with Crippen LogP contribution in [0.15, 0.2) is 18.2 Å². The quantitative estimate of drug-likeness (QED) is 0.777. The molecule has 112 valence electrons. The predicted molar refractivity (Wildman–Crippen MR) is 83.0 cm³/mol. The largest absolute Gasteiger partial charge is 0.497 e. The second-order valence-electron chi connectivity index (χ2n) is 5.38. The van der Waals surface area contributed by atoms with E-state index in [9.17, 15) is 0 Å². The van der Waals surface area contributed by atoms with Gasteiger partial charge in [-0.1, -0.05) is 0 Å². The summed E-state index contributed by atoms with van der Waals surface area (Å²) in [6.45, 7) is 3.36. The molecule has 4 heteroatoms. The molecule has 1 aromatic carbocycles. The Bertz CT molecular complexity index is 423. The number of hydrogen-bond donors (Lipinski definition) is 1. The minimum absolute atomic E-state index is 0.801. The fraction of sp³-hybridized carbons (Fsp3) is 0.625. The van der Waals surface area contributed by atoms with Crippen LogP contribution >= 0.6 is 0 Å². The van der Waals surface area contributed by atoms with Gasteiger partial charge in [-0.25, -0.2) is 0 Å². The van der Waals surface area contributed by atoms with E-state index in [0.29, 0.717) is 0 Å². The lowest BCUT2D eigenvalue weighted by Gasteiger charge is -2.22. The number of nitrogens with one attached hydrogen (secondary N) is 1. The number of rotatable bonds is 7. The molecule has 0 amide bonds. The highest BCUT2D eigenvalue weighted by atomic mass is 16.5. The van der Waals surface area contributed by atoms with Crippen LogP contribution < -0.4 is 19.7 Å². The molecule has 1 heterocycles. The van der Waals surface area contributed by atoms with Gasteiger partial charge in [-0.05, 0) is 50.9 Å². The molecule has 2 rings (SSSR count). The number of methoxy groups -OCH3 is 2.